The van der Waals surface area contributed by atoms with Crippen molar-refractivity contribution >= 4 is 17.7 Å². The van der Waals surface area contributed by atoms with Crippen LogP contribution in [0.4, 0.5) is 0 Å². The molecule has 0 radical (unpaired) electrons. The van der Waals surface area contributed by atoms with Gasteiger partial charge in [-0.25, -0.2) is 0 Å². The molecule has 1 aliphatic heterocycles. The van der Waals surface area contributed by atoms with E-state index in [1.54, 1.807) is 0 Å². The van der Waals surface area contributed by atoms with E-state index >= 15 is 0 Å². The molecule has 1 saturated heterocycles. The highest BCUT2D eigenvalue weighted by Gasteiger charge is 2.33. The van der Waals surface area contributed by atoms with Gasteiger partial charge in [-0.15, -0.1) is 10.2 Å². The molecule has 1 amide bonds. The Kier molecular flexibility index (Phi) is 8.17. The third kappa shape index (κ3) is 5.50. The molecule has 170 valence electrons. The van der Waals surface area contributed by atoms with Crippen LogP contribution in [-0.2, 0) is 11.3 Å². The highest BCUT2D eigenvalue weighted by atomic mass is 32.2. The fraction of sp³-hybridized carbons (Fsp3) is 0.625. The predicted octanol–water partition coefficient (Wildman–Crippen LogP) is 4.61. The van der Waals surface area contributed by atoms with Gasteiger partial charge < -0.3 is 9.47 Å². The number of hydrogen-bond donors (Lipinski definition) is 0. The van der Waals surface area contributed by atoms with Crippen LogP contribution in [0.2, 0.25) is 0 Å². The number of nitrogens with zero attached hydrogens (tertiary/aromatic N) is 5. The summed E-state index contributed by atoms with van der Waals surface area (Å²) < 4.78 is 2.20. The van der Waals surface area contributed by atoms with Gasteiger partial charge in [0.1, 0.15) is 0 Å². The predicted molar refractivity (Wildman–Crippen MR) is 127 cm³/mol. The van der Waals surface area contributed by atoms with Crippen molar-refractivity contribution in [1.82, 2.24) is 24.6 Å². The third-order valence-corrected chi connectivity index (χ3v) is 7.38. The molecule has 2 aromatic rings. The summed E-state index contributed by atoms with van der Waals surface area (Å²) in [6.45, 7) is 9.22. The Morgan fingerprint density at radius 2 is 1.81 bits per heavy atom. The minimum absolute atomic E-state index is 0.179. The summed E-state index contributed by atoms with van der Waals surface area (Å²) in [6.07, 6.45) is 4.32. The van der Waals surface area contributed by atoms with Crippen LogP contribution >= 0.6 is 11.8 Å². The Labute approximate surface area is 191 Å². The lowest BCUT2D eigenvalue weighted by Crippen LogP contribution is -2.50. The van der Waals surface area contributed by atoms with E-state index in [2.05, 4.69) is 83.7 Å². The number of thioether (sulfide) groups is 1. The van der Waals surface area contributed by atoms with Crippen molar-refractivity contribution in [3.8, 4) is 0 Å². The number of aromatic nitrogens is 3. The molecule has 0 spiro atoms. The molecule has 0 unspecified atom stereocenters. The van der Waals surface area contributed by atoms with E-state index in [0.717, 1.165) is 30.2 Å². The Morgan fingerprint density at radius 3 is 2.39 bits per heavy atom. The highest BCUT2D eigenvalue weighted by molar-refractivity contribution is 8.00. The van der Waals surface area contributed by atoms with E-state index < -0.39 is 0 Å². The zero-order chi connectivity index (χ0) is 22.5. The van der Waals surface area contributed by atoms with E-state index in [1.807, 2.05) is 13.0 Å². The number of carbonyl (C=O) groups is 1. The summed E-state index contributed by atoms with van der Waals surface area (Å²) in [6, 6.07) is 11.2. The van der Waals surface area contributed by atoms with Gasteiger partial charge in [-0.05, 0) is 66.1 Å². The first-order chi connectivity index (χ1) is 14.8. The monoisotopic (exact) mass is 443 g/mol. The van der Waals surface area contributed by atoms with Gasteiger partial charge in [-0.2, -0.15) is 0 Å². The van der Waals surface area contributed by atoms with Crippen LogP contribution in [-0.4, -0.2) is 61.9 Å². The molecular formula is C24H37N5OS. The van der Waals surface area contributed by atoms with Gasteiger partial charge >= 0.3 is 0 Å². The van der Waals surface area contributed by atoms with Gasteiger partial charge in [0.2, 0.25) is 5.91 Å². The van der Waals surface area contributed by atoms with Crippen molar-refractivity contribution in [2.75, 3.05) is 14.1 Å². The summed E-state index contributed by atoms with van der Waals surface area (Å²) in [7, 11) is 4.15. The van der Waals surface area contributed by atoms with Crippen molar-refractivity contribution < 1.29 is 4.79 Å². The van der Waals surface area contributed by atoms with E-state index in [1.165, 1.54) is 23.7 Å². The summed E-state index contributed by atoms with van der Waals surface area (Å²) in [4.78, 5) is 17.6. The second-order valence-electron chi connectivity index (χ2n) is 8.93. The standard InChI is InChI=1S/C24H37N5OS/c1-7-21(27(5)6)22-25-26-24(28(22)16-20-14-9-8-10-15-20)31-19(4)23(30)29-17(2)12-11-13-18(29)3/h8-10,14-15,17-19,21H,7,11-13,16H2,1-6H3/t17-,18-,19+,21+/m0/s1. The van der Waals surface area contributed by atoms with Crippen LogP contribution in [0, 0.1) is 0 Å². The first kappa shape index (κ1) is 23.8. The minimum Gasteiger partial charge on any atom is -0.336 e. The normalized spacial score (nSPS) is 21.3. The SMILES string of the molecule is CC[C@H](c1nnc(S[C@H](C)C(=O)N2[C@@H](C)CCC[C@@H]2C)n1Cc1ccccc1)N(C)C. The van der Waals surface area contributed by atoms with E-state index in [0.29, 0.717) is 18.6 Å². The Morgan fingerprint density at radius 1 is 1.16 bits per heavy atom. The molecule has 0 bridgehead atoms. The second-order valence-corrected chi connectivity index (χ2v) is 10.2. The van der Waals surface area contributed by atoms with Crippen molar-refractivity contribution in [3.05, 3.63) is 41.7 Å². The molecule has 1 fully saturated rings. The molecule has 2 heterocycles. The van der Waals surface area contributed by atoms with Gasteiger partial charge in [0.05, 0.1) is 17.8 Å². The first-order valence-electron chi connectivity index (χ1n) is 11.5. The summed E-state index contributed by atoms with van der Waals surface area (Å²) in [5.41, 5.74) is 1.20. The lowest BCUT2D eigenvalue weighted by Gasteiger charge is -2.40. The number of likely N-dealkylation sites (tertiary alicyclic amines) is 1. The molecule has 4 atom stereocenters. The highest BCUT2D eigenvalue weighted by Crippen LogP contribution is 2.31. The number of amides is 1. The molecule has 31 heavy (non-hydrogen) atoms. The fourth-order valence-electron chi connectivity index (χ4n) is 4.60. The number of carbonyl (C=O) groups excluding carboxylic acids is 1. The number of hydrogen-bond acceptors (Lipinski definition) is 5. The molecule has 1 aromatic carbocycles. The molecule has 7 heteroatoms. The van der Waals surface area contributed by atoms with Gasteiger partial charge in [-0.3, -0.25) is 9.69 Å². The molecule has 0 N–H and O–H groups in total. The maximum absolute atomic E-state index is 13.3. The largest absolute Gasteiger partial charge is 0.336 e. The van der Waals surface area contributed by atoms with Crippen molar-refractivity contribution in [2.24, 2.45) is 0 Å². The summed E-state index contributed by atoms with van der Waals surface area (Å²) in [5, 5.41) is 9.75. The van der Waals surface area contributed by atoms with Crippen LogP contribution in [0.3, 0.4) is 0 Å². The zero-order valence-corrected chi connectivity index (χ0v) is 20.6. The molecule has 0 saturated carbocycles. The van der Waals surface area contributed by atoms with Crippen LogP contribution in [0.1, 0.15) is 70.8 Å². The van der Waals surface area contributed by atoms with Crippen LogP contribution < -0.4 is 0 Å². The maximum atomic E-state index is 13.3. The molecule has 1 aliphatic rings. The van der Waals surface area contributed by atoms with E-state index in [4.69, 9.17) is 0 Å². The first-order valence-corrected chi connectivity index (χ1v) is 12.3. The van der Waals surface area contributed by atoms with E-state index in [-0.39, 0.29) is 17.2 Å². The Balaban J connectivity index is 1.87. The Hall–Kier alpha value is -1.86. The number of benzene rings is 1. The van der Waals surface area contributed by atoms with Gasteiger partial charge in [0.25, 0.3) is 0 Å². The van der Waals surface area contributed by atoms with Crippen LogP contribution in [0.5, 0.6) is 0 Å². The lowest BCUT2D eigenvalue weighted by molar-refractivity contribution is -0.136. The van der Waals surface area contributed by atoms with Crippen molar-refractivity contribution in [2.45, 2.75) is 88.5 Å². The number of rotatable bonds is 8. The number of piperidine rings is 1. The van der Waals surface area contributed by atoms with E-state index in [9.17, 15) is 4.79 Å². The zero-order valence-electron chi connectivity index (χ0n) is 19.8. The second kappa shape index (κ2) is 10.6. The quantitative estimate of drug-likeness (QED) is 0.558. The topological polar surface area (TPSA) is 54.3 Å². The average molecular weight is 444 g/mol. The smallest absolute Gasteiger partial charge is 0.236 e. The molecule has 0 aliphatic carbocycles. The molecule has 6 nitrogen and oxygen atoms in total. The minimum atomic E-state index is -0.200. The van der Waals surface area contributed by atoms with Crippen molar-refractivity contribution in [3.63, 3.8) is 0 Å². The lowest BCUT2D eigenvalue weighted by atomic mass is 9.97. The molecular weight excluding hydrogens is 406 g/mol. The van der Waals surface area contributed by atoms with Crippen molar-refractivity contribution in [1.29, 1.82) is 0 Å². The van der Waals surface area contributed by atoms with Gasteiger partial charge in [0, 0.05) is 12.1 Å². The molecule has 3 rings (SSSR count). The third-order valence-electron chi connectivity index (χ3n) is 6.32. The fourth-order valence-corrected chi connectivity index (χ4v) is 5.51. The van der Waals surface area contributed by atoms with Crippen LogP contribution in [0.25, 0.3) is 0 Å². The average Bonchev–Trinajstić information content (AvgIpc) is 3.10. The Bertz CT molecular complexity index is 843. The van der Waals surface area contributed by atoms with Gasteiger partial charge in [0.15, 0.2) is 11.0 Å². The van der Waals surface area contributed by atoms with Gasteiger partial charge in [-0.1, -0.05) is 49.0 Å². The molecule has 1 aromatic heterocycles. The summed E-state index contributed by atoms with van der Waals surface area (Å²) >= 11 is 1.54. The summed E-state index contributed by atoms with van der Waals surface area (Å²) in [5.74, 6) is 1.17. The maximum Gasteiger partial charge on any atom is 0.236 e. The van der Waals surface area contributed by atoms with Crippen LogP contribution in [0.15, 0.2) is 35.5 Å².